The summed E-state index contributed by atoms with van der Waals surface area (Å²) in [5.41, 5.74) is 0.953. The molecule has 1 aromatic rings. The molecule has 3 atom stereocenters. The third-order valence-corrected chi connectivity index (χ3v) is 3.44. The first kappa shape index (κ1) is 19.6. The highest BCUT2D eigenvalue weighted by atomic mass is 16.7. The second-order valence-corrected chi connectivity index (χ2v) is 5.15. The number of esters is 1. The fraction of sp³-hybridized carbons (Fsp3) is 0.588. The molecule has 0 heterocycles. The number of aliphatic hydroxyl groups excluding tert-OH is 1. The summed E-state index contributed by atoms with van der Waals surface area (Å²) in [5, 5.41) is 10.3. The largest absolute Gasteiger partial charge is 0.454 e. The van der Waals surface area contributed by atoms with E-state index in [1.54, 1.807) is 0 Å². The van der Waals surface area contributed by atoms with Gasteiger partial charge >= 0.3 is 5.97 Å². The quantitative estimate of drug-likeness (QED) is 0.523. The number of hydrogen-bond acceptors (Lipinski definition) is 6. The molecule has 6 heteroatoms. The zero-order valence-corrected chi connectivity index (χ0v) is 14.1. The van der Waals surface area contributed by atoms with E-state index in [4.69, 9.17) is 18.9 Å². The molecule has 23 heavy (non-hydrogen) atoms. The first-order valence-electron chi connectivity index (χ1n) is 7.59. The molecule has 1 unspecified atom stereocenters. The Morgan fingerprint density at radius 3 is 2.22 bits per heavy atom. The van der Waals surface area contributed by atoms with Crippen molar-refractivity contribution in [3.63, 3.8) is 0 Å². The Labute approximate surface area is 137 Å². The van der Waals surface area contributed by atoms with Crippen LogP contribution in [0.25, 0.3) is 0 Å². The van der Waals surface area contributed by atoms with E-state index in [1.807, 2.05) is 37.3 Å². The van der Waals surface area contributed by atoms with Crippen LogP contribution in [0.4, 0.5) is 0 Å². The van der Waals surface area contributed by atoms with E-state index in [2.05, 4.69) is 0 Å². The van der Waals surface area contributed by atoms with Gasteiger partial charge in [0.1, 0.15) is 6.10 Å². The minimum Gasteiger partial charge on any atom is -0.454 e. The fourth-order valence-electron chi connectivity index (χ4n) is 2.26. The SMILES string of the molecule is CC[C@@H](O)C(OCc1ccccc1)[C@H](OC(C)=O)C(OC)OC. The summed E-state index contributed by atoms with van der Waals surface area (Å²) in [6, 6.07) is 9.55. The Bertz CT molecular complexity index is 446. The zero-order valence-electron chi connectivity index (χ0n) is 14.1. The molecule has 0 spiro atoms. The van der Waals surface area contributed by atoms with Crippen LogP contribution in [0.15, 0.2) is 30.3 Å². The van der Waals surface area contributed by atoms with Crippen LogP contribution in [0.2, 0.25) is 0 Å². The van der Waals surface area contributed by atoms with Crippen LogP contribution >= 0.6 is 0 Å². The summed E-state index contributed by atoms with van der Waals surface area (Å²) in [5.74, 6) is -0.495. The third-order valence-electron chi connectivity index (χ3n) is 3.44. The van der Waals surface area contributed by atoms with Gasteiger partial charge in [-0.05, 0) is 12.0 Å². The van der Waals surface area contributed by atoms with Gasteiger partial charge < -0.3 is 24.1 Å². The summed E-state index contributed by atoms with van der Waals surface area (Å²) in [6.45, 7) is 3.39. The lowest BCUT2D eigenvalue weighted by Gasteiger charge is -2.33. The van der Waals surface area contributed by atoms with Crippen LogP contribution in [0, 0.1) is 0 Å². The summed E-state index contributed by atoms with van der Waals surface area (Å²) < 4.78 is 21.5. The molecule has 1 aromatic carbocycles. The lowest BCUT2D eigenvalue weighted by molar-refractivity contribution is -0.229. The molecule has 0 aliphatic rings. The number of aliphatic hydroxyl groups is 1. The van der Waals surface area contributed by atoms with Crippen LogP contribution in [0.3, 0.4) is 0 Å². The molecule has 0 radical (unpaired) electrons. The average Bonchev–Trinajstić information content (AvgIpc) is 2.56. The van der Waals surface area contributed by atoms with Gasteiger partial charge in [-0.3, -0.25) is 4.79 Å². The zero-order chi connectivity index (χ0) is 17.2. The maximum atomic E-state index is 11.4. The van der Waals surface area contributed by atoms with Crippen LogP contribution in [0.5, 0.6) is 0 Å². The molecule has 130 valence electrons. The molecule has 0 aliphatic carbocycles. The van der Waals surface area contributed by atoms with E-state index in [9.17, 15) is 9.90 Å². The molecule has 0 aliphatic heterocycles. The average molecular weight is 326 g/mol. The van der Waals surface area contributed by atoms with Gasteiger partial charge in [0.25, 0.3) is 0 Å². The molecular formula is C17H26O6. The molecule has 0 amide bonds. The molecule has 1 N–H and O–H groups in total. The standard InChI is InChI=1S/C17H26O6/c1-5-14(19)15(22-11-13-9-7-6-8-10-13)16(23-12(2)18)17(20-3)21-4/h6-10,14-17,19H,5,11H2,1-4H3/t14-,15?,16+/m1/s1. The smallest absolute Gasteiger partial charge is 0.303 e. The van der Waals surface area contributed by atoms with Crippen molar-refractivity contribution >= 4 is 5.97 Å². The van der Waals surface area contributed by atoms with Crippen molar-refractivity contribution in [2.24, 2.45) is 0 Å². The molecule has 0 saturated carbocycles. The minimum atomic E-state index is -0.874. The topological polar surface area (TPSA) is 74.2 Å². The number of benzene rings is 1. The number of hydrogen-bond donors (Lipinski definition) is 1. The van der Waals surface area contributed by atoms with E-state index in [-0.39, 0.29) is 6.61 Å². The minimum absolute atomic E-state index is 0.278. The van der Waals surface area contributed by atoms with Crippen LogP contribution in [0.1, 0.15) is 25.8 Å². The second-order valence-electron chi connectivity index (χ2n) is 5.15. The van der Waals surface area contributed by atoms with Crippen molar-refractivity contribution in [3.8, 4) is 0 Å². The molecular weight excluding hydrogens is 300 g/mol. The number of ether oxygens (including phenoxy) is 4. The Kier molecular flexibility index (Phi) is 8.79. The van der Waals surface area contributed by atoms with Gasteiger partial charge in [0.2, 0.25) is 0 Å². The van der Waals surface area contributed by atoms with Crippen molar-refractivity contribution < 1.29 is 28.8 Å². The Hall–Kier alpha value is -1.47. The normalized spacial score (nSPS) is 15.2. The molecule has 6 nitrogen and oxygen atoms in total. The highest BCUT2D eigenvalue weighted by Crippen LogP contribution is 2.19. The highest BCUT2D eigenvalue weighted by molar-refractivity contribution is 5.66. The second kappa shape index (κ2) is 10.3. The van der Waals surface area contributed by atoms with Crippen molar-refractivity contribution in [2.45, 2.75) is 51.5 Å². The van der Waals surface area contributed by atoms with E-state index < -0.39 is 30.6 Å². The van der Waals surface area contributed by atoms with Crippen LogP contribution in [-0.2, 0) is 30.3 Å². The number of rotatable bonds is 10. The summed E-state index contributed by atoms with van der Waals surface area (Å²) >= 11 is 0. The molecule has 0 bridgehead atoms. The molecule has 0 fully saturated rings. The van der Waals surface area contributed by atoms with Gasteiger partial charge in [0, 0.05) is 21.1 Å². The van der Waals surface area contributed by atoms with Gasteiger partial charge in [-0.15, -0.1) is 0 Å². The number of methoxy groups -OCH3 is 2. The fourth-order valence-corrected chi connectivity index (χ4v) is 2.26. The predicted molar refractivity (Wildman–Crippen MR) is 84.7 cm³/mol. The van der Waals surface area contributed by atoms with Gasteiger partial charge in [-0.25, -0.2) is 0 Å². The van der Waals surface area contributed by atoms with E-state index in [1.165, 1.54) is 21.1 Å². The van der Waals surface area contributed by atoms with Crippen LogP contribution in [-0.4, -0.2) is 49.9 Å². The van der Waals surface area contributed by atoms with Gasteiger partial charge in [0.05, 0.1) is 12.7 Å². The lowest BCUT2D eigenvalue weighted by Crippen LogP contribution is -2.49. The summed E-state index contributed by atoms with van der Waals surface area (Å²) in [6.07, 6.45) is -2.86. The molecule has 0 saturated heterocycles. The first-order valence-corrected chi connectivity index (χ1v) is 7.59. The van der Waals surface area contributed by atoms with Crippen molar-refractivity contribution in [2.75, 3.05) is 14.2 Å². The first-order chi connectivity index (χ1) is 11.0. The van der Waals surface area contributed by atoms with Gasteiger partial charge in [-0.1, -0.05) is 37.3 Å². The van der Waals surface area contributed by atoms with Crippen molar-refractivity contribution in [1.82, 2.24) is 0 Å². The van der Waals surface area contributed by atoms with Crippen molar-refractivity contribution in [3.05, 3.63) is 35.9 Å². The van der Waals surface area contributed by atoms with E-state index >= 15 is 0 Å². The van der Waals surface area contributed by atoms with Crippen molar-refractivity contribution in [1.29, 1.82) is 0 Å². The molecule has 1 rings (SSSR count). The Balaban J connectivity index is 2.91. The lowest BCUT2D eigenvalue weighted by atomic mass is 10.0. The molecule has 0 aromatic heterocycles. The summed E-state index contributed by atoms with van der Waals surface area (Å²) in [7, 11) is 2.88. The van der Waals surface area contributed by atoms with Gasteiger partial charge in [-0.2, -0.15) is 0 Å². The highest BCUT2D eigenvalue weighted by Gasteiger charge is 2.37. The van der Waals surface area contributed by atoms with Crippen LogP contribution < -0.4 is 0 Å². The maximum Gasteiger partial charge on any atom is 0.303 e. The Morgan fingerprint density at radius 2 is 1.74 bits per heavy atom. The number of carbonyl (C=O) groups excluding carboxylic acids is 1. The monoisotopic (exact) mass is 326 g/mol. The third kappa shape index (κ3) is 6.27. The van der Waals surface area contributed by atoms with Gasteiger partial charge in [0.15, 0.2) is 12.4 Å². The Morgan fingerprint density at radius 1 is 1.13 bits per heavy atom. The van der Waals surface area contributed by atoms with E-state index in [0.29, 0.717) is 6.42 Å². The predicted octanol–water partition coefficient (Wildman–Crippen LogP) is 1.89. The summed E-state index contributed by atoms with van der Waals surface area (Å²) in [4.78, 5) is 11.4. The van der Waals surface area contributed by atoms with E-state index in [0.717, 1.165) is 5.56 Å². The maximum absolute atomic E-state index is 11.4. The number of carbonyl (C=O) groups is 1.